The minimum atomic E-state index is 0.461. The lowest BCUT2D eigenvalue weighted by Crippen LogP contribution is -2.08. The number of rotatable bonds is 4. The number of aromatic nitrogens is 2. The topological polar surface area (TPSA) is 61.0 Å². The van der Waals surface area contributed by atoms with Gasteiger partial charge in [-0.1, -0.05) is 6.07 Å². The minimum Gasteiger partial charge on any atom is -0.383 e. The molecule has 0 spiro atoms. The molecular formula is C11H12IN3OS. The molecule has 0 aliphatic rings. The monoisotopic (exact) mass is 361 g/mol. The van der Waals surface area contributed by atoms with E-state index in [4.69, 9.17) is 10.5 Å². The highest BCUT2D eigenvalue weighted by atomic mass is 127. The van der Waals surface area contributed by atoms with Gasteiger partial charge < -0.3 is 10.5 Å². The number of halogens is 1. The average Bonchev–Trinajstić information content (AvgIpc) is 2.78. The third-order valence-electron chi connectivity index (χ3n) is 2.19. The fourth-order valence-electron chi connectivity index (χ4n) is 1.45. The second-order valence-corrected chi connectivity index (χ2v) is 5.59. The maximum Gasteiger partial charge on any atom is 0.141 e. The Labute approximate surface area is 117 Å². The first-order valence-corrected chi connectivity index (χ1v) is 6.98. The van der Waals surface area contributed by atoms with Gasteiger partial charge in [0.15, 0.2) is 0 Å². The van der Waals surface area contributed by atoms with Gasteiger partial charge in [0.1, 0.15) is 11.6 Å². The van der Waals surface area contributed by atoms with Gasteiger partial charge in [-0.05, 0) is 34.0 Å². The van der Waals surface area contributed by atoms with Crippen LogP contribution in [0.2, 0.25) is 0 Å². The standard InChI is InChI=1S/C11H12IN3OS/c1-16-6-8-10(12)11(13)15-9(14-8)5-7-3-2-4-17-7/h2-4H,5-6H2,1H3,(H2,13,14,15). The van der Waals surface area contributed by atoms with Gasteiger partial charge in [0.2, 0.25) is 0 Å². The fraction of sp³-hybridized carbons (Fsp3) is 0.273. The van der Waals surface area contributed by atoms with Crippen LogP contribution in [0.15, 0.2) is 17.5 Å². The van der Waals surface area contributed by atoms with Crippen molar-refractivity contribution in [3.05, 3.63) is 37.5 Å². The van der Waals surface area contributed by atoms with Crippen LogP contribution < -0.4 is 5.73 Å². The first kappa shape index (κ1) is 12.7. The first-order valence-electron chi connectivity index (χ1n) is 5.02. The van der Waals surface area contributed by atoms with Gasteiger partial charge in [0, 0.05) is 18.4 Å². The molecule has 0 bridgehead atoms. The van der Waals surface area contributed by atoms with Crippen LogP contribution in [0, 0.1) is 3.57 Å². The van der Waals surface area contributed by atoms with Gasteiger partial charge in [-0.25, -0.2) is 9.97 Å². The van der Waals surface area contributed by atoms with Gasteiger partial charge in [-0.2, -0.15) is 0 Å². The molecule has 2 aromatic heterocycles. The van der Waals surface area contributed by atoms with Gasteiger partial charge in [-0.3, -0.25) is 0 Å². The Morgan fingerprint density at radius 2 is 2.29 bits per heavy atom. The van der Waals surface area contributed by atoms with Crippen LogP contribution in [0.1, 0.15) is 16.4 Å². The van der Waals surface area contributed by atoms with Crippen molar-refractivity contribution in [2.45, 2.75) is 13.0 Å². The van der Waals surface area contributed by atoms with Gasteiger partial charge in [0.25, 0.3) is 0 Å². The van der Waals surface area contributed by atoms with Crippen LogP contribution in [0.5, 0.6) is 0 Å². The van der Waals surface area contributed by atoms with Crippen molar-refractivity contribution in [3.63, 3.8) is 0 Å². The first-order chi connectivity index (χ1) is 8.20. The number of hydrogen-bond acceptors (Lipinski definition) is 5. The Bertz CT molecular complexity index is 502. The average molecular weight is 361 g/mol. The number of nitrogen functional groups attached to an aromatic ring is 1. The van der Waals surface area contributed by atoms with E-state index in [0.29, 0.717) is 12.4 Å². The zero-order valence-corrected chi connectivity index (χ0v) is 12.3. The minimum absolute atomic E-state index is 0.461. The molecule has 0 fully saturated rings. The molecule has 2 rings (SSSR count). The van der Waals surface area contributed by atoms with E-state index in [0.717, 1.165) is 21.5 Å². The van der Waals surface area contributed by atoms with Gasteiger partial charge >= 0.3 is 0 Å². The van der Waals surface area contributed by atoms with Crippen molar-refractivity contribution >= 4 is 39.7 Å². The largest absolute Gasteiger partial charge is 0.383 e. The summed E-state index contributed by atoms with van der Waals surface area (Å²) in [7, 11) is 1.65. The van der Waals surface area contributed by atoms with E-state index in [1.54, 1.807) is 18.4 Å². The Morgan fingerprint density at radius 3 is 2.94 bits per heavy atom. The normalized spacial score (nSPS) is 10.7. The van der Waals surface area contributed by atoms with Gasteiger partial charge in [-0.15, -0.1) is 11.3 Å². The molecule has 4 nitrogen and oxygen atoms in total. The number of nitrogens with zero attached hydrogens (tertiary/aromatic N) is 2. The number of thiophene rings is 1. The van der Waals surface area contributed by atoms with Crippen LogP contribution in [0.4, 0.5) is 5.82 Å². The summed E-state index contributed by atoms with van der Waals surface area (Å²) in [5.74, 6) is 1.27. The molecule has 2 N–H and O–H groups in total. The lowest BCUT2D eigenvalue weighted by molar-refractivity contribution is 0.180. The number of nitrogens with two attached hydrogens (primary N) is 1. The summed E-state index contributed by atoms with van der Waals surface area (Å²) in [6, 6.07) is 4.09. The van der Waals surface area contributed by atoms with E-state index in [9.17, 15) is 0 Å². The third kappa shape index (κ3) is 3.14. The van der Waals surface area contributed by atoms with Crippen LogP contribution >= 0.6 is 33.9 Å². The van der Waals surface area contributed by atoms with Crippen LogP contribution in [0.25, 0.3) is 0 Å². The highest BCUT2D eigenvalue weighted by Gasteiger charge is 2.10. The van der Waals surface area contributed by atoms with E-state index < -0.39 is 0 Å². The predicted octanol–water partition coefficient (Wildman–Crippen LogP) is 2.46. The van der Waals surface area contributed by atoms with Crippen molar-refractivity contribution in [2.24, 2.45) is 0 Å². The molecule has 0 saturated heterocycles. The third-order valence-corrected chi connectivity index (χ3v) is 4.24. The SMILES string of the molecule is COCc1nc(Cc2cccs2)nc(N)c1I. The number of anilines is 1. The smallest absolute Gasteiger partial charge is 0.141 e. The maximum atomic E-state index is 5.87. The van der Waals surface area contributed by atoms with Crippen LogP contribution in [-0.2, 0) is 17.8 Å². The Balaban J connectivity index is 2.28. The Morgan fingerprint density at radius 1 is 1.47 bits per heavy atom. The summed E-state index contributed by atoms with van der Waals surface area (Å²) in [6.07, 6.45) is 0.718. The van der Waals surface area contributed by atoms with Crippen molar-refractivity contribution in [1.29, 1.82) is 0 Å². The lowest BCUT2D eigenvalue weighted by Gasteiger charge is -2.07. The molecule has 2 heterocycles. The molecule has 0 unspecified atom stereocenters. The van der Waals surface area contributed by atoms with Crippen molar-refractivity contribution in [3.8, 4) is 0 Å². The molecule has 0 aromatic carbocycles. The summed E-state index contributed by atoms with van der Waals surface area (Å²) >= 11 is 3.84. The molecule has 90 valence electrons. The van der Waals surface area contributed by atoms with Gasteiger partial charge in [0.05, 0.1) is 15.9 Å². The molecule has 0 amide bonds. The molecular weight excluding hydrogens is 349 g/mol. The number of ether oxygens (including phenoxy) is 1. The van der Waals surface area contributed by atoms with E-state index in [1.807, 2.05) is 11.4 Å². The highest BCUT2D eigenvalue weighted by molar-refractivity contribution is 14.1. The summed E-state index contributed by atoms with van der Waals surface area (Å²) in [6.45, 7) is 0.461. The fourth-order valence-corrected chi connectivity index (χ4v) is 2.54. The molecule has 17 heavy (non-hydrogen) atoms. The highest BCUT2D eigenvalue weighted by Crippen LogP contribution is 2.19. The van der Waals surface area contributed by atoms with E-state index in [-0.39, 0.29) is 0 Å². The zero-order valence-electron chi connectivity index (χ0n) is 9.31. The number of methoxy groups -OCH3 is 1. The maximum absolute atomic E-state index is 5.87. The molecule has 0 aliphatic carbocycles. The molecule has 0 saturated carbocycles. The second kappa shape index (κ2) is 5.74. The molecule has 0 radical (unpaired) electrons. The zero-order chi connectivity index (χ0) is 12.3. The van der Waals surface area contributed by atoms with Crippen LogP contribution in [-0.4, -0.2) is 17.1 Å². The summed E-state index contributed by atoms with van der Waals surface area (Å²) < 4.78 is 5.98. The predicted molar refractivity (Wildman–Crippen MR) is 77.0 cm³/mol. The molecule has 0 aliphatic heterocycles. The Kier molecular flexibility index (Phi) is 4.30. The summed E-state index contributed by atoms with van der Waals surface area (Å²) in [5.41, 5.74) is 6.72. The van der Waals surface area contributed by atoms with E-state index in [2.05, 4.69) is 38.6 Å². The van der Waals surface area contributed by atoms with Crippen molar-refractivity contribution < 1.29 is 4.74 Å². The quantitative estimate of drug-likeness (QED) is 0.850. The van der Waals surface area contributed by atoms with E-state index in [1.165, 1.54) is 4.88 Å². The molecule has 2 aromatic rings. The van der Waals surface area contributed by atoms with E-state index >= 15 is 0 Å². The summed E-state index contributed by atoms with van der Waals surface area (Å²) in [5, 5.41) is 2.04. The second-order valence-electron chi connectivity index (χ2n) is 3.47. The molecule has 0 atom stereocenters. The lowest BCUT2D eigenvalue weighted by atomic mass is 10.3. The van der Waals surface area contributed by atoms with Crippen LogP contribution in [0.3, 0.4) is 0 Å². The van der Waals surface area contributed by atoms with Crippen molar-refractivity contribution in [2.75, 3.05) is 12.8 Å². The summed E-state index contributed by atoms with van der Waals surface area (Å²) in [4.78, 5) is 10.0. The molecule has 6 heteroatoms. The van der Waals surface area contributed by atoms with Crippen molar-refractivity contribution in [1.82, 2.24) is 9.97 Å². The Hall–Kier alpha value is -0.730. The number of hydrogen-bond donors (Lipinski definition) is 1.